The molecule has 0 unspecified atom stereocenters. The molecular weight excluding hydrogens is 628 g/mol. The van der Waals surface area contributed by atoms with E-state index in [9.17, 15) is 15.0 Å². The van der Waals surface area contributed by atoms with Crippen molar-refractivity contribution in [2.45, 2.75) is 115 Å². The topological polar surface area (TPSA) is 122 Å². The third-order valence-corrected chi connectivity index (χ3v) is 11.0. The number of carbonyl (C=O) groups is 1. The fourth-order valence-electron chi connectivity index (χ4n) is 7.91. The van der Waals surface area contributed by atoms with E-state index in [0.717, 1.165) is 12.0 Å². The molecule has 2 N–H and O–H groups in total. The van der Waals surface area contributed by atoms with E-state index in [0.29, 0.717) is 62.8 Å². The lowest BCUT2D eigenvalue weighted by Gasteiger charge is -2.48. The summed E-state index contributed by atoms with van der Waals surface area (Å²) in [4.78, 5) is 14.1. The molecule has 10 nitrogen and oxygen atoms in total. The highest BCUT2D eigenvalue weighted by Crippen LogP contribution is 2.47. The van der Waals surface area contributed by atoms with Crippen molar-refractivity contribution in [2.24, 2.45) is 23.7 Å². The van der Waals surface area contributed by atoms with Crippen molar-refractivity contribution in [3.05, 3.63) is 59.3 Å². The first-order valence-corrected chi connectivity index (χ1v) is 18.1. The molecule has 1 spiro atoms. The maximum absolute atomic E-state index is 14.1. The average Bonchev–Trinajstić information content (AvgIpc) is 3.41. The van der Waals surface area contributed by atoms with Gasteiger partial charge in [0.25, 0.3) is 0 Å². The number of allylic oxidation sites excluding steroid dienone is 2. The lowest BCUT2D eigenvalue weighted by atomic mass is 9.71. The number of aliphatic hydroxyl groups excluding tert-OH is 1. The molecule has 2 saturated heterocycles. The van der Waals surface area contributed by atoms with Crippen molar-refractivity contribution >= 4 is 5.97 Å². The quantitative estimate of drug-likeness (QED) is 0.195. The van der Waals surface area contributed by atoms with Crippen LogP contribution in [0.2, 0.25) is 0 Å². The van der Waals surface area contributed by atoms with Crippen LogP contribution in [0.1, 0.15) is 67.2 Å². The Morgan fingerprint density at radius 3 is 2.57 bits per heavy atom. The molecule has 274 valence electrons. The summed E-state index contributed by atoms with van der Waals surface area (Å²) in [6.07, 6.45) is 12.8. The minimum absolute atomic E-state index is 0.0404. The maximum Gasteiger partial charge on any atom is 0.316 e. The second-order valence-corrected chi connectivity index (χ2v) is 14.6. The number of methoxy groups -OCH3 is 1. The molecule has 12 atom stereocenters. The smallest absolute Gasteiger partial charge is 0.316 e. The SMILES string of the molecule is CC[C@H](C)[C@H]1O[C@]2(C=C[C@@H]1C)C[C@@H]1C[C@@H](C/C=C(\C)[C@@H](OCCOCCOC)[C@@H](C)/C=C/C=C3\CO[C@@H]4[C@H](O)C(C)=C[C@@H](C(=O)O1)[C@]34O)O2. The number of rotatable bonds is 9. The van der Waals surface area contributed by atoms with E-state index in [1.54, 1.807) is 26.2 Å². The summed E-state index contributed by atoms with van der Waals surface area (Å²) in [6.45, 7) is 14.4. The number of aliphatic hydroxyl groups is 2. The number of ether oxygens (including phenoxy) is 7. The van der Waals surface area contributed by atoms with Crippen molar-refractivity contribution in [2.75, 3.05) is 40.1 Å². The van der Waals surface area contributed by atoms with Crippen LogP contribution in [-0.2, 0) is 38.0 Å². The molecule has 0 aromatic carbocycles. The molecule has 49 heavy (non-hydrogen) atoms. The average molecular weight is 687 g/mol. The highest BCUT2D eigenvalue weighted by atomic mass is 16.7. The zero-order valence-electron chi connectivity index (χ0n) is 30.3. The van der Waals surface area contributed by atoms with E-state index in [1.165, 1.54) is 0 Å². The van der Waals surface area contributed by atoms with E-state index in [4.69, 9.17) is 33.2 Å². The fraction of sp³-hybridized carbons (Fsp3) is 0.718. The molecule has 2 bridgehead atoms. The van der Waals surface area contributed by atoms with Gasteiger partial charge in [0.2, 0.25) is 0 Å². The van der Waals surface area contributed by atoms with Crippen molar-refractivity contribution in [1.29, 1.82) is 0 Å². The second kappa shape index (κ2) is 16.5. The zero-order valence-corrected chi connectivity index (χ0v) is 30.3. The van der Waals surface area contributed by atoms with Crippen molar-refractivity contribution < 1.29 is 48.2 Å². The Labute approximate surface area is 292 Å². The maximum atomic E-state index is 14.1. The summed E-state index contributed by atoms with van der Waals surface area (Å²) in [5.74, 6) is -2.19. The summed E-state index contributed by atoms with van der Waals surface area (Å²) in [6, 6.07) is 0. The van der Waals surface area contributed by atoms with E-state index < -0.39 is 41.6 Å². The molecule has 5 aliphatic rings. The van der Waals surface area contributed by atoms with Crippen LogP contribution < -0.4 is 0 Å². The van der Waals surface area contributed by atoms with Gasteiger partial charge in [-0.15, -0.1) is 0 Å². The van der Waals surface area contributed by atoms with Gasteiger partial charge in [0.05, 0.1) is 51.3 Å². The van der Waals surface area contributed by atoms with Crippen LogP contribution in [0.5, 0.6) is 0 Å². The molecule has 4 heterocycles. The van der Waals surface area contributed by atoms with Gasteiger partial charge in [-0.2, -0.15) is 0 Å². The van der Waals surface area contributed by atoms with Gasteiger partial charge < -0.3 is 43.4 Å². The van der Waals surface area contributed by atoms with Gasteiger partial charge in [-0.1, -0.05) is 70.6 Å². The van der Waals surface area contributed by atoms with Gasteiger partial charge in [0.15, 0.2) is 5.79 Å². The van der Waals surface area contributed by atoms with Crippen LogP contribution in [-0.4, -0.2) is 104 Å². The highest BCUT2D eigenvalue weighted by molar-refractivity contribution is 5.78. The predicted octanol–water partition coefficient (Wildman–Crippen LogP) is 4.99. The van der Waals surface area contributed by atoms with Crippen LogP contribution in [0.4, 0.5) is 0 Å². The fourth-order valence-corrected chi connectivity index (χ4v) is 7.91. The lowest BCUT2D eigenvalue weighted by Crippen LogP contribution is -2.58. The number of carbonyl (C=O) groups excluding carboxylic acids is 1. The molecule has 5 rings (SSSR count). The number of hydrogen-bond acceptors (Lipinski definition) is 10. The Kier molecular flexibility index (Phi) is 12.8. The Morgan fingerprint density at radius 1 is 1.04 bits per heavy atom. The molecular formula is C39H58O10. The van der Waals surface area contributed by atoms with Gasteiger partial charge in [-0.05, 0) is 49.0 Å². The number of hydrogen-bond donors (Lipinski definition) is 2. The first-order chi connectivity index (χ1) is 23.4. The molecule has 4 aliphatic heterocycles. The minimum Gasteiger partial charge on any atom is -0.462 e. The molecule has 10 heteroatoms. The Morgan fingerprint density at radius 2 is 1.82 bits per heavy atom. The van der Waals surface area contributed by atoms with Crippen molar-refractivity contribution in [3.8, 4) is 0 Å². The highest BCUT2D eigenvalue weighted by Gasteiger charge is 2.60. The lowest BCUT2D eigenvalue weighted by molar-refractivity contribution is -0.300. The van der Waals surface area contributed by atoms with E-state index in [-0.39, 0.29) is 36.8 Å². The van der Waals surface area contributed by atoms with E-state index in [2.05, 4.69) is 46.8 Å². The van der Waals surface area contributed by atoms with Crippen molar-refractivity contribution in [3.63, 3.8) is 0 Å². The third kappa shape index (κ3) is 8.33. The molecule has 2 fully saturated rings. The van der Waals surface area contributed by atoms with Crippen LogP contribution in [0, 0.1) is 23.7 Å². The summed E-state index contributed by atoms with van der Waals surface area (Å²) >= 11 is 0. The summed E-state index contributed by atoms with van der Waals surface area (Å²) < 4.78 is 43.1. The van der Waals surface area contributed by atoms with Gasteiger partial charge >= 0.3 is 5.97 Å². The van der Waals surface area contributed by atoms with Crippen molar-refractivity contribution in [1.82, 2.24) is 0 Å². The van der Waals surface area contributed by atoms with E-state index in [1.807, 2.05) is 18.2 Å². The second-order valence-electron chi connectivity index (χ2n) is 14.6. The predicted molar refractivity (Wildman–Crippen MR) is 184 cm³/mol. The molecule has 0 aromatic rings. The summed E-state index contributed by atoms with van der Waals surface area (Å²) in [7, 11) is 1.65. The van der Waals surface area contributed by atoms with Gasteiger partial charge in [0, 0.05) is 31.8 Å². The Bertz CT molecular complexity index is 1300. The first kappa shape index (κ1) is 38.1. The Hall–Kier alpha value is -2.15. The van der Waals surface area contributed by atoms with Gasteiger partial charge in [-0.3, -0.25) is 4.79 Å². The largest absolute Gasteiger partial charge is 0.462 e. The molecule has 1 aliphatic carbocycles. The normalized spacial score (nSPS) is 43.1. The summed E-state index contributed by atoms with van der Waals surface area (Å²) in [5, 5.41) is 23.3. The molecule has 0 amide bonds. The van der Waals surface area contributed by atoms with Crippen LogP contribution in [0.15, 0.2) is 59.3 Å². The Balaban J connectivity index is 1.51. The number of esters is 1. The van der Waals surface area contributed by atoms with Crippen LogP contribution in [0.3, 0.4) is 0 Å². The van der Waals surface area contributed by atoms with Gasteiger partial charge in [0.1, 0.15) is 29.8 Å². The third-order valence-electron chi connectivity index (χ3n) is 11.0. The van der Waals surface area contributed by atoms with Crippen LogP contribution >= 0.6 is 0 Å². The zero-order chi connectivity index (χ0) is 35.3. The van der Waals surface area contributed by atoms with Gasteiger partial charge in [-0.25, -0.2) is 0 Å². The monoisotopic (exact) mass is 686 g/mol. The molecule has 0 aromatic heterocycles. The van der Waals surface area contributed by atoms with E-state index >= 15 is 0 Å². The molecule has 0 radical (unpaired) electrons. The number of fused-ring (bicyclic) bond motifs is 2. The summed E-state index contributed by atoms with van der Waals surface area (Å²) in [5.41, 5.74) is 0.357. The minimum atomic E-state index is -1.77. The molecule has 0 saturated carbocycles. The first-order valence-electron chi connectivity index (χ1n) is 18.1. The standard InChI is InChI=1S/C39H58O10/c1-8-24(2)35-27(5)14-15-38(49-35)22-31-21-30(48-38)13-12-26(4)34(45-19-18-44-17-16-43-7)25(3)10-9-11-29-23-46-36-33(40)28(6)20-32(37(41)47-31)39(29,36)42/h9-12,14-15,20,24-25,27,30-36,40,42H,8,13,16-19,21-23H2,1-7H3/b10-9+,26-12+,29-11+/t24-,25-,27-,30+,31-,32-,33+,34-,35+,36+,38+,39+/m0/s1. The van der Waals surface area contributed by atoms with Crippen LogP contribution in [0.25, 0.3) is 0 Å².